The third-order valence-electron chi connectivity index (χ3n) is 3.49. The minimum absolute atomic E-state index is 0.230. The summed E-state index contributed by atoms with van der Waals surface area (Å²) in [4.78, 5) is 4.35. The molecule has 0 spiro atoms. The van der Waals surface area contributed by atoms with Crippen molar-refractivity contribution in [1.29, 1.82) is 0 Å². The van der Waals surface area contributed by atoms with Gasteiger partial charge in [-0.25, -0.2) is 9.37 Å². The van der Waals surface area contributed by atoms with Gasteiger partial charge >= 0.3 is 0 Å². The highest BCUT2D eigenvalue weighted by Gasteiger charge is 2.16. The van der Waals surface area contributed by atoms with Crippen molar-refractivity contribution in [2.75, 3.05) is 0 Å². The van der Waals surface area contributed by atoms with Crippen LogP contribution in [0.4, 0.5) is 4.39 Å². The molecule has 0 fully saturated rings. The second kappa shape index (κ2) is 5.78. The zero-order chi connectivity index (χ0) is 15.0. The number of rotatable bonds is 3. The lowest BCUT2D eigenvalue weighted by molar-refractivity contribution is 0.637. The molecule has 3 rings (SSSR count). The minimum Gasteiger partial charge on any atom is -0.295 e. The maximum Gasteiger partial charge on any atom is 0.151 e. The molecule has 0 saturated carbocycles. The summed E-state index contributed by atoms with van der Waals surface area (Å²) in [7, 11) is 0. The van der Waals surface area contributed by atoms with Crippen molar-refractivity contribution >= 4 is 38.6 Å². The van der Waals surface area contributed by atoms with Crippen LogP contribution in [-0.4, -0.2) is 9.55 Å². The van der Waals surface area contributed by atoms with E-state index in [4.69, 9.17) is 11.6 Å². The topological polar surface area (TPSA) is 17.8 Å². The molecule has 21 heavy (non-hydrogen) atoms. The van der Waals surface area contributed by atoms with E-state index in [1.165, 1.54) is 6.07 Å². The van der Waals surface area contributed by atoms with Gasteiger partial charge in [0, 0.05) is 4.47 Å². The lowest BCUT2D eigenvalue weighted by Crippen LogP contribution is -2.03. The van der Waals surface area contributed by atoms with Crippen LogP contribution >= 0.6 is 27.5 Å². The van der Waals surface area contributed by atoms with Crippen LogP contribution in [-0.2, 0) is 12.3 Å². The van der Waals surface area contributed by atoms with E-state index in [-0.39, 0.29) is 11.7 Å². The first-order chi connectivity index (χ1) is 10.2. The van der Waals surface area contributed by atoms with Crippen LogP contribution in [0.25, 0.3) is 16.7 Å². The fraction of sp³-hybridized carbons (Fsp3) is 0.188. The maximum absolute atomic E-state index is 14.0. The van der Waals surface area contributed by atoms with Gasteiger partial charge in [0.05, 0.1) is 17.1 Å². The summed E-state index contributed by atoms with van der Waals surface area (Å²) in [6, 6.07) is 11.0. The van der Waals surface area contributed by atoms with Crippen molar-refractivity contribution in [1.82, 2.24) is 9.55 Å². The van der Waals surface area contributed by atoms with E-state index in [0.717, 1.165) is 27.7 Å². The number of imidazole rings is 1. The van der Waals surface area contributed by atoms with Crippen molar-refractivity contribution in [3.05, 3.63) is 58.1 Å². The summed E-state index contributed by atoms with van der Waals surface area (Å²) in [5.74, 6) is 0.550. The Morgan fingerprint density at radius 3 is 2.81 bits per heavy atom. The molecule has 0 bridgehead atoms. The summed E-state index contributed by atoms with van der Waals surface area (Å²) >= 11 is 9.50. The Morgan fingerprint density at radius 2 is 2.10 bits per heavy atom. The Morgan fingerprint density at radius 1 is 1.29 bits per heavy atom. The molecule has 1 heterocycles. The molecule has 0 aliphatic heterocycles. The molecule has 0 aliphatic rings. The molecule has 0 saturated heterocycles. The molecule has 0 aliphatic carbocycles. The van der Waals surface area contributed by atoms with Crippen LogP contribution in [0.2, 0.25) is 0 Å². The molecule has 0 amide bonds. The standard InChI is InChI=1S/C16H13BrClFN2/c1-2-10-8-11(17)6-7-13(10)21-14-5-3-4-12(19)16(14)20-15(21)9-18/h3-8H,2,9H2,1H3. The normalized spacial score (nSPS) is 11.2. The van der Waals surface area contributed by atoms with Gasteiger partial charge in [0.2, 0.25) is 0 Å². The smallest absolute Gasteiger partial charge is 0.151 e. The molecule has 3 aromatic rings. The van der Waals surface area contributed by atoms with Crippen molar-refractivity contribution in [2.24, 2.45) is 0 Å². The number of hydrogen-bond donors (Lipinski definition) is 0. The molecule has 0 atom stereocenters. The van der Waals surface area contributed by atoms with Crippen molar-refractivity contribution in [2.45, 2.75) is 19.2 Å². The number of para-hydroxylation sites is 1. The first-order valence-corrected chi connectivity index (χ1v) is 7.99. The van der Waals surface area contributed by atoms with Gasteiger partial charge in [-0.3, -0.25) is 4.57 Å². The maximum atomic E-state index is 14.0. The van der Waals surface area contributed by atoms with Crippen LogP contribution in [0.15, 0.2) is 40.9 Å². The lowest BCUT2D eigenvalue weighted by atomic mass is 10.1. The fourth-order valence-electron chi connectivity index (χ4n) is 2.53. The molecule has 2 nitrogen and oxygen atoms in total. The number of aryl methyl sites for hydroxylation is 1. The number of hydrogen-bond acceptors (Lipinski definition) is 1. The SMILES string of the molecule is CCc1cc(Br)ccc1-n1c(CCl)nc2c(F)cccc21. The molecular weight excluding hydrogens is 355 g/mol. The summed E-state index contributed by atoms with van der Waals surface area (Å²) in [6.07, 6.45) is 0.867. The summed E-state index contributed by atoms with van der Waals surface area (Å²) in [6.45, 7) is 2.09. The molecule has 108 valence electrons. The predicted octanol–water partition coefficient (Wildman–Crippen LogP) is 5.23. The second-order valence-corrected chi connectivity index (χ2v) is 5.91. The molecule has 2 aromatic carbocycles. The van der Waals surface area contributed by atoms with E-state index in [2.05, 4.69) is 33.9 Å². The third-order valence-corrected chi connectivity index (χ3v) is 4.22. The van der Waals surface area contributed by atoms with Crippen molar-refractivity contribution < 1.29 is 4.39 Å². The second-order valence-electron chi connectivity index (χ2n) is 4.73. The zero-order valence-corrected chi connectivity index (χ0v) is 13.7. The predicted molar refractivity (Wildman–Crippen MR) is 87.7 cm³/mol. The van der Waals surface area contributed by atoms with Crippen LogP contribution in [0.3, 0.4) is 0 Å². The van der Waals surface area contributed by atoms with Gasteiger partial charge in [-0.1, -0.05) is 28.9 Å². The van der Waals surface area contributed by atoms with Crippen LogP contribution in [0.1, 0.15) is 18.3 Å². The van der Waals surface area contributed by atoms with Crippen molar-refractivity contribution in [3.8, 4) is 5.69 Å². The van der Waals surface area contributed by atoms with Crippen molar-refractivity contribution in [3.63, 3.8) is 0 Å². The summed E-state index contributed by atoms with van der Waals surface area (Å²) in [5, 5.41) is 0. The van der Waals surface area contributed by atoms with Crippen LogP contribution in [0.5, 0.6) is 0 Å². The Kier molecular flexibility index (Phi) is 4.00. The Hall–Kier alpha value is -1.39. The largest absolute Gasteiger partial charge is 0.295 e. The monoisotopic (exact) mass is 366 g/mol. The third kappa shape index (κ3) is 2.47. The number of fused-ring (bicyclic) bond motifs is 1. The number of alkyl halides is 1. The minimum atomic E-state index is -0.326. The van der Waals surface area contributed by atoms with Crippen LogP contribution < -0.4 is 0 Å². The average Bonchev–Trinajstić information content (AvgIpc) is 2.87. The highest BCUT2D eigenvalue weighted by atomic mass is 79.9. The lowest BCUT2D eigenvalue weighted by Gasteiger charge is -2.13. The summed E-state index contributed by atoms with van der Waals surface area (Å²) < 4.78 is 16.9. The molecule has 0 N–H and O–H groups in total. The first-order valence-electron chi connectivity index (χ1n) is 6.66. The Bertz CT molecular complexity index is 813. The number of aromatic nitrogens is 2. The Balaban J connectivity index is 2.36. The first kappa shape index (κ1) is 14.5. The highest BCUT2D eigenvalue weighted by Crippen LogP contribution is 2.28. The fourth-order valence-corrected chi connectivity index (χ4v) is 3.11. The van der Waals surface area contributed by atoms with E-state index in [1.807, 2.05) is 22.8 Å². The van der Waals surface area contributed by atoms with Gasteiger partial charge in [-0.2, -0.15) is 0 Å². The van der Waals surface area contributed by atoms with Gasteiger partial charge in [0.1, 0.15) is 11.3 Å². The number of benzene rings is 2. The van der Waals surface area contributed by atoms with E-state index in [1.54, 1.807) is 6.07 Å². The molecule has 0 radical (unpaired) electrons. The van der Waals surface area contributed by atoms with E-state index in [0.29, 0.717) is 11.3 Å². The molecule has 1 aromatic heterocycles. The van der Waals surface area contributed by atoms with Gasteiger partial charge in [0.25, 0.3) is 0 Å². The Labute approximate surface area is 135 Å². The number of halogens is 3. The molecule has 0 unspecified atom stereocenters. The zero-order valence-electron chi connectivity index (χ0n) is 11.4. The van der Waals surface area contributed by atoms with Gasteiger partial charge in [-0.15, -0.1) is 11.6 Å². The summed E-state index contributed by atoms with van der Waals surface area (Å²) in [5.41, 5.74) is 3.24. The van der Waals surface area contributed by atoms with E-state index < -0.39 is 0 Å². The average molecular weight is 368 g/mol. The van der Waals surface area contributed by atoms with Gasteiger partial charge < -0.3 is 0 Å². The van der Waals surface area contributed by atoms with E-state index in [9.17, 15) is 4.39 Å². The number of nitrogens with zero attached hydrogens (tertiary/aromatic N) is 2. The quantitative estimate of drug-likeness (QED) is 0.580. The highest BCUT2D eigenvalue weighted by molar-refractivity contribution is 9.10. The molecular formula is C16H13BrClFN2. The molecule has 5 heteroatoms. The van der Waals surface area contributed by atoms with Crippen LogP contribution in [0, 0.1) is 5.82 Å². The van der Waals surface area contributed by atoms with E-state index >= 15 is 0 Å². The van der Waals surface area contributed by atoms with Gasteiger partial charge in [0.15, 0.2) is 5.82 Å². The van der Waals surface area contributed by atoms with Gasteiger partial charge in [-0.05, 0) is 42.3 Å².